The van der Waals surface area contributed by atoms with E-state index in [1.54, 1.807) is 36.4 Å². The number of carbonyl (C=O) groups excluding carboxylic acids is 2. The van der Waals surface area contributed by atoms with Crippen molar-refractivity contribution in [2.24, 2.45) is 0 Å². The summed E-state index contributed by atoms with van der Waals surface area (Å²) in [6.45, 7) is 7.30. The van der Waals surface area contributed by atoms with E-state index in [4.69, 9.17) is 23.9 Å². The topological polar surface area (TPSA) is 107 Å². The molecule has 5 aromatic rings. The summed E-state index contributed by atoms with van der Waals surface area (Å²) in [6, 6.07) is 23.1. The fraction of sp³-hybridized carbons (Fsp3) is 0.216. The van der Waals surface area contributed by atoms with Gasteiger partial charge in [-0.15, -0.1) is 0 Å². The second-order valence-corrected chi connectivity index (χ2v) is 12.4. The molecular formula is C37H32N2O7S. The van der Waals surface area contributed by atoms with Crippen LogP contribution in [0.1, 0.15) is 40.8 Å². The number of aryl methyl sites for hydroxylation is 2. The number of aliphatic hydroxyl groups is 1. The largest absolute Gasteiger partial charge is 0.507 e. The first-order valence-electron chi connectivity index (χ1n) is 15.3. The van der Waals surface area contributed by atoms with Gasteiger partial charge in [-0.05, 0) is 79.4 Å². The van der Waals surface area contributed by atoms with Crippen molar-refractivity contribution in [2.75, 3.05) is 24.7 Å². The molecule has 1 fully saturated rings. The van der Waals surface area contributed by atoms with Crippen LogP contribution in [0.4, 0.5) is 5.13 Å². The van der Waals surface area contributed by atoms with Crippen molar-refractivity contribution < 1.29 is 33.6 Å². The van der Waals surface area contributed by atoms with Gasteiger partial charge in [0.25, 0.3) is 5.78 Å². The van der Waals surface area contributed by atoms with Crippen LogP contribution in [0.15, 0.2) is 84.4 Å². The van der Waals surface area contributed by atoms with Crippen molar-refractivity contribution in [3.63, 3.8) is 0 Å². The Balaban J connectivity index is 1.37. The van der Waals surface area contributed by atoms with Crippen molar-refractivity contribution >= 4 is 44.1 Å². The van der Waals surface area contributed by atoms with Gasteiger partial charge in [-0.2, -0.15) is 0 Å². The van der Waals surface area contributed by atoms with E-state index in [9.17, 15) is 14.7 Å². The van der Waals surface area contributed by atoms with Gasteiger partial charge in [-0.1, -0.05) is 53.8 Å². The molecule has 2 aliphatic rings. The number of ketones is 1. The van der Waals surface area contributed by atoms with Gasteiger partial charge in [0.05, 0.1) is 28.4 Å². The molecule has 238 valence electrons. The predicted molar refractivity (Wildman–Crippen MR) is 180 cm³/mol. The number of anilines is 1. The highest BCUT2D eigenvalue weighted by Gasteiger charge is 2.48. The maximum absolute atomic E-state index is 13.9. The van der Waals surface area contributed by atoms with Crippen LogP contribution < -0.4 is 23.8 Å². The third kappa shape index (κ3) is 5.65. The van der Waals surface area contributed by atoms with Crippen molar-refractivity contribution in [3.8, 4) is 23.0 Å². The molecule has 1 unspecified atom stereocenters. The Morgan fingerprint density at radius 1 is 0.936 bits per heavy atom. The molecule has 0 aliphatic carbocycles. The molecule has 0 bridgehead atoms. The van der Waals surface area contributed by atoms with E-state index in [2.05, 4.69) is 0 Å². The summed E-state index contributed by atoms with van der Waals surface area (Å²) in [7, 11) is 0. The summed E-state index contributed by atoms with van der Waals surface area (Å²) in [5.41, 5.74) is 4.57. The second-order valence-electron chi connectivity index (χ2n) is 11.4. The Kier molecular flexibility index (Phi) is 8.03. The number of Topliss-reactive ketones (excluding diaryl/α,β-unsaturated/α-hetero) is 1. The van der Waals surface area contributed by atoms with Gasteiger partial charge < -0.3 is 24.1 Å². The first-order valence-corrected chi connectivity index (χ1v) is 16.2. The first kappa shape index (κ1) is 30.3. The molecule has 4 aromatic carbocycles. The normalized spacial score (nSPS) is 16.9. The number of hydrogen-bond donors (Lipinski definition) is 1. The minimum absolute atomic E-state index is 0.0701. The number of ether oxygens (including phenoxy) is 4. The Bertz CT molecular complexity index is 2050. The van der Waals surface area contributed by atoms with E-state index in [0.717, 1.165) is 26.9 Å². The van der Waals surface area contributed by atoms with E-state index in [-0.39, 0.29) is 11.3 Å². The van der Waals surface area contributed by atoms with Gasteiger partial charge >= 0.3 is 5.91 Å². The summed E-state index contributed by atoms with van der Waals surface area (Å²) in [6.07, 6.45) is 0. The molecule has 2 aliphatic heterocycles. The maximum Gasteiger partial charge on any atom is 0.301 e. The Hall–Kier alpha value is -5.35. The van der Waals surface area contributed by atoms with E-state index < -0.39 is 17.7 Å². The quantitative estimate of drug-likeness (QED) is 0.106. The van der Waals surface area contributed by atoms with Gasteiger partial charge in [0.2, 0.25) is 0 Å². The fourth-order valence-corrected chi connectivity index (χ4v) is 7.14. The standard InChI is InChI=1S/C37H32N2O7S/c1-4-43-28-18-24(10-12-27(28)46-20-23-8-6-5-7-9-23)33-31(34(40)25-11-13-26-29(19-25)45-15-14-44-26)35(41)36(42)39(33)37-38-32-22(3)16-21(2)17-30(32)47-37/h5-13,16-19,33,40H,4,14-15,20H2,1-3H3/b34-31+. The van der Waals surface area contributed by atoms with Crippen LogP contribution in [0, 0.1) is 13.8 Å². The SMILES string of the molecule is CCOc1cc(C2/C(=C(\O)c3ccc4c(c3)OCCO4)C(=O)C(=O)N2c2nc3c(C)cc(C)cc3s2)ccc1OCc1ccccc1. The Labute approximate surface area is 275 Å². The monoisotopic (exact) mass is 648 g/mol. The highest BCUT2D eigenvalue weighted by atomic mass is 32.1. The highest BCUT2D eigenvalue weighted by Crippen LogP contribution is 2.47. The Morgan fingerprint density at radius 3 is 2.51 bits per heavy atom. The van der Waals surface area contributed by atoms with E-state index in [0.29, 0.717) is 65.7 Å². The lowest BCUT2D eigenvalue weighted by molar-refractivity contribution is -0.132. The minimum Gasteiger partial charge on any atom is -0.507 e. The van der Waals surface area contributed by atoms with Crippen molar-refractivity contribution in [2.45, 2.75) is 33.4 Å². The van der Waals surface area contributed by atoms with E-state index in [1.807, 2.05) is 63.2 Å². The summed E-state index contributed by atoms with van der Waals surface area (Å²) in [5.74, 6) is 0.0000958. The van der Waals surface area contributed by atoms with Gasteiger partial charge in [-0.25, -0.2) is 4.98 Å². The van der Waals surface area contributed by atoms with E-state index in [1.165, 1.54) is 16.2 Å². The molecule has 0 radical (unpaired) electrons. The highest BCUT2D eigenvalue weighted by molar-refractivity contribution is 7.22. The zero-order chi connectivity index (χ0) is 32.7. The number of hydrogen-bond acceptors (Lipinski definition) is 9. The number of rotatable bonds is 8. The van der Waals surface area contributed by atoms with Crippen LogP contribution in [0.3, 0.4) is 0 Å². The summed E-state index contributed by atoms with van der Waals surface area (Å²) in [4.78, 5) is 34.0. The van der Waals surface area contributed by atoms with Crippen LogP contribution in [-0.2, 0) is 16.2 Å². The number of aromatic nitrogens is 1. The summed E-state index contributed by atoms with van der Waals surface area (Å²) in [5, 5.41) is 12.1. The molecule has 47 heavy (non-hydrogen) atoms. The molecule has 0 spiro atoms. The van der Waals surface area contributed by atoms with Crippen molar-refractivity contribution in [1.82, 2.24) is 4.98 Å². The molecule has 1 atom stereocenters. The number of fused-ring (bicyclic) bond motifs is 2. The number of amides is 1. The lowest BCUT2D eigenvalue weighted by Crippen LogP contribution is -2.29. The average Bonchev–Trinajstić information content (AvgIpc) is 3.62. The Morgan fingerprint density at radius 2 is 1.72 bits per heavy atom. The summed E-state index contributed by atoms with van der Waals surface area (Å²) < 4.78 is 24.4. The smallest absolute Gasteiger partial charge is 0.301 e. The number of aliphatic hydroxyl groups excluding tert-OH is 1. The van der Waals surface area contributed by atoms with Gasteiger partial charge in [0.1, 0.15) is 25.6 Å². The van der Waals surface area contributed by atoms with Gasteiger partial charge in [-0.3, -0.25) is 14.5 Å². The number of benzene rings is 4. The third-order valence-electron chi connectivity index (χ3n) is 8.11. The van der Waals surface area contributed by atoms with Crippen LogP contribution in [0.25, 0.3) is 16.0 Å². The van der Waals surface area contributed by atoms with Gasteiger partial charge in [0, 0.05) is 5.56 Å². The molecule has 3 heterocycles. The van der Waals surface area contributed by atoms with Gasteiger partial charge in [0.15, 0.2) is 28.1 Å². The number of thiazole rings is 1. The molecular weight excluding hydrogens is 616 g/mol. The number of carbonyl (C=O) groups is 2. The maximum atomic E-state index is 13.9. The molecule has 7 rings (SSSR count). The molecule has 10 heteroatoms. The second kappa shape index (κ2) is 12.4. The van der Waals surface area contributed by atoms with Crippen LogP contribution >= 0.6 is 11.3 Å². The third-order valence-corrected chi connectivity index (χ3v) is 9.11. The lowest BCUT2D eigenvalue weighted by Gasteiger charge is -2.24. The van der Waals surface area contributed by atoms with E-state index >= 15 is 0 Å². The molecule has 1 saturated heterocycles. The molecule has 1 amide bonds. The first-order chi connectivity index (χ1) is 22.8. The minimum atomic E-state index is -1.01. The summed E-state index contributed by atoms with van der Waals surface area (Å²) >= 11 is 1.32. The molecule has 0 saturated carbocycles. The van der Waals surface area contributed by atoms with Crippen molar-refractivity contribution in [3.05, 3.63) is 112 Å². The molecule has 1 aromatic heterocycles. The van der Waals surface area contributed by atoms with Crippen molar-refractivity contribution in [1.29, 1.82) is 0 Å². The zero-order valence-electron chi connectivity index (χ0n) is 26.1. The predicted octanol–water partition coefficient (Wildman–Crippen LogP) is 7.29. The fourth-order valence-electron chi connectivity index (χ4n) is 5.97. The molecule has 1 N–H and O–H groups in total. The number of nitrogens with zero attached hydrogens (tertiary/aromatic N) is 2. The molecule has 9 nitrogen and oxygen atoms in total. The van der Waals surface area contributed by atoms with Crippen LogP contribution in [0.5, 0.6) is 23.0 Å². The lowest BCUT2D eigenvalue weighted by atomic mass is 9.95. The van der Waals surface area contributed by atoms with Crippen LogP contribution in [0.2, 0.25) is 0 Å². The average molecular weight is 649 g/mol. The van der Waals surface area contributed by atoms with Crippen LogP contribution in [-0.4, -0.2) is 41.6 Å². The zero-order valence-corrected chi connectivity index (χ0v) is 26.9.